The fourth-order valence-corrected chi connectivity index (χ4v) is 1.57. The molecule has 1 N–H and O–H groups in total. The summed E-state index contributed by atoms with van der Waals surface area (Å²) in [4.78, 5) is 6.36. The van der Waals surface area contributed by atoms with Gasteiger partial charge in [0.1, 0.15) is 5.76 Å². The van der Waals surface area contributed by atoms with E-state index in [0.29, 0.717) is 12.5 Å². The van der Waals surface area contributed by atoms with Crippen LogP contribution in [0.25, 0.3) is 0 Å². The lowest BCUT2D eigenvalue weighted by molar-refractivity contribution is 0.194. The van der Waals surface area contributed by atoms with Gasteiger partial charge in [-0.1, -0.05) is 20.8 Å². The van der Waals surface area contributed by atoms with Crippen molar-refractivity contribution in [2.45, 2.75) is 33.2 Å². The normalized spacial score (nSPS) is 11.6. The van der Waals surface area contributed by atoms with Crippen molar-refractivity contribution >= 4 is 0 Å². The fraction of sp³-hybridized carbons (Fsp3) is 0.727. The molecule has 1 heterocycles. The third kappa shape index (κ3) is 3.32. The molecule has 0 amide bonds. The van der Waals surface area contributed by atoms with Gasteiger partial charge < -0.3 is 9.52 Å². The summed E-state index contributed by atoms with van der Waals surface area (Å²) in [5, 5.41) is 8.89. The predicted molar refractivity (Wildman–Crippen MR) is 58.6 cm³/mol. The van der Waals surface area contributed by atoms with Crippen molar-refractivity contribution in [2.24, 2.45) is 0 Å². The van der Waals surface area contributed by atoms with E-state index >= 15 is 0 Å². The third-order valence-corrected chi connectivity index (χ3v) is 2.43. The van der Waals surface area contributed by atoms with Crippen LogP contribution in [0.1, 0.15) is 38.1 Å². The second-order valence-electron chi connectivity index (χ2n) is 3.91. The second-order valence-corrected chi connectivity index (χ2v) is 3.91. The van der Waals surface area contributed by atoms with E-state index < -0.39 is 0 Å². The van der Waals surface area contributed by atoms with E-state index in [1.165, 1.54) is 6.39 Å². The van der Waals surface area contributed by atoms with Crippen molar-refractivity contribution in [1.82, 2.24) is 9.88 Å². The maximum absolute atomic E-state index is 8.89. The quantitative estimate of drug-likeness (QED) is 0.778. The van der Waals surface area contributed by atoms with Gasteiger partial charge in [0.05, 0.1) is 12.3 Å². The summed E-state index contributed by atoms with van der Waals surface area (Å²) in [6, 6.07) is 0. The molecule has 0 aliphatic rings. The number of nitrogens with zero attached hydrogens (tertiary/aromatic N) is 2. The summed E-state index contributed by atoms with van der Waals surface area (Å²) in [7, 11) is 0. The number of aliphatic hydroxyl groups excluding tert-OH is 1. The molecule has 1 aromatic heterocycles. The van der Waals surface area contributed by atoms with Gasteiger partial charge in [-0.3, -0.25) is 4.90 Å². The first-order chi connectivity index (χ1) is 7.19. The smallest absolute Gasteiger partial charge is 0.181 e. The van der Waals surface area contributed by atoms with Crippen molar-refractivity contribution in [1.29, 1.82) is 0 Å². The van der Waals surface area contributed by atoms with Crippen molar-refractivity contribution in [3.63, 3.8) is 0 Å². The Morgan fingerprint density at radius 1 is 1.53 bits per heavy atom. The number of hydrogen-bond acceptors (Lipinski definition) is 4. The highest BCUT2D eigenvalue weighted by Gasteiger charge is 2.14. The SMILES string of the molecule is CCN(CCO)Cc1ncoc1C(C)C. The molecular weight excluding hydrogens is 192 g/mol. The molecular formula is C11H20N2O2. The topological polar surface area (TPSA) is 49.5 Å². The molecule has 0 saturated carbocycles. The number of aromatic nitrogens is 1. The van der Waals surface area contributed by atoms with Gasteiger partial charge in [0.2, 0.25) is 0 Å². The summed E-state index contributed by atoms with van der Waals surface area (Å²) in [6.45, 7) is 8.78. The zero-order valence-electron chi connectivity index (χ0n) is 9.73. The predicted octanol–water partition coefficient (Wildman–Crippen LogP) is 1.61. The Morgan fingerprint density at radius 3 is 2.80 bits per heavy atom. The van der Waals surface area contributed by atoms with Crippen molar-refractivity contribution in [3.8, 4) is 0 Å². The molecule has 0 bridgehead atoms. The summed E-state index contributed by atoms with van der Waals surface area (Å²) in [6.07, 6.45) is 1.50. The van der Waals surface area contributed by atoms with E-state index in [1.807, 2.05) is 0 Å². The first-order valence-corrected chi connectivity index (χ1v) is 5.44. The van der Waals surface area contributed by atoms with Crippen molar-refractivity contribution in [2.75, 3.05) is 19.7 Å². The maximum atomic E-state index is 8.89. The van der Waals surface area contributed by atoms with Crippen molar-refractivity contribution in [3.05, 3.63) is 17.8 Å². The van der Waals surface area contributed by atoms with E-state index in [1.54, 1.807) is 0 Å². The summed E-state index contributed by atoms with van der Waals surface area (Å²) in [5.74, 6) is 1.31. The Kier molecular flexibility index (Phi) is 4.78. The van der Waals surface area contributed by atoms with Crippen LogP contribution in [0.5, 0.6) is 0 Å². The van der Waals surface area contributed by atoms with Gasteiger partial charge in [-0.15, -0.1) is 0 Å². The van der Waals surface area contributed by atoms with Crippen LogP contribution in [0.4, 0.5) is 0 Å². The average Bonchev–Trinajstić information content (AvgIpc) is 2.65. The van der Waals surface area contributed by atoms with Crippen LogP contribution in [0, 0.1) is 0 Å². The molecule has 0 spiro atoms. The zero-order chi connectivity index (χ0) is 11.3. The van der Waals surface area contributed by atoms with E-state index in [0.717, 1.165) is 24.5 Å². The van der Waals surface area contributed by atoms with Gasteiger partial charge in [0.15, 0.2) is 6.39 Å². The van der Waals surface area contributed by atoms with Crippen LogP contribution in [-0.4, -0.2) is 34.7 Å². The second kappa shape index (κ2) is 5.88. The number of hydrogen-bond donors (Lipinski definition) is 1. The average molecular weight is 212 g/mol. The van der Waals surface area contributed by atoms with Crippen molar-refractivity contribution < 1.29 is 9.52 Å². The zero-order valence-corrected chi connectivity index (χ0v) is 9.73. The number of rotatable bonds is 6. The molecule has 0 unspecified atom stereocenters. The Labute approximate surface area is 90.9 Å². The van der Waals surface area contributed by atoms with Crippen LogP contribution in [0.2, 0.25) is 0 Å². The number of aliphatic hydroxyl groups is 1. The number of oxazole rings is 1. The van der Waals surface area contributed by atoms with Gasteiger partial charge in [-0.25, -0.2) is 4.98 Å². The van der Waals surface area contributed by atoms with Gasteiger partial charge in [0, 0.05) is 19.0 Å². The highest BCUT2D eigenvalue weighted by atomic mass is 16.3. The Morgan fingerprint density at radius 2 is 2.27 bits per heavy atom. The lowest BCUT2D eigenvalue weighted by Gasteiger charge is -2.18. The minimum absolute atomic E-state index is 0.183. The number of likely N-dealkylation sites (N-methyl/N-ethyl adjacent to an activating group) is 1. The van der Waals surface area contributed by atoms with Gasteiger partial charge in [-0.2, -0.15) is 0 Å². The molecule has 0 atom stereocenters. The summed E-state index contributed by atoms with van der Waals surface area (Å²) < 4.78 is 5.35. The molecule has 0 aliphatic carbocycles. The molecule has 86 valence electrons. The van der Waals surface area contributed by atoms with Crippen LogP contribution in [0.15, 0.2) is 10.8 Å². The molecule has 0 radical (unpaired) electrons. The minimum Gasteiger partial charge on any atom is -0.448 e. The van der Waals surface area contributed by atoms with Gasteiger partial charge in [0.25, 0.3) is 0 Å². The lowest BCUT2D eigenvalue weighted by Crippen LogP contribution is -2.26. The fourth-order valence-electron chi connectivity index (χ4n) is 1.57. The summed E-state index contributed by atoms with van der Waals surface area (Å²) in [5.41, 5.74) is 0.986. The largest absolute Gasteiger partial charge is 0.448 e. The lowest BCUT2D eigenvalue weighted by atomic mass is 10.1. The monoisotopic (exact) mass is 212 g/mol. The van der Waals surface area contributed by atoms with Gasteiger partial charge >= 0.3 is 0 Å². The first kappa shape index (κ1) is 12.2. The Balaban J connectivity index is 2.65. The van der Waals surface area contributed by atoms with E-state index in [4.69, 9.17) is 9.52 Å². The van der Waals surface area contributed by atoms with E-state index in [2.05, 4.69) is 30.7 Å². The first-order valence-electron chi connectivity index (χ1n) is 5.44. The van der Waals surface area contributed by atoms with Crippen LogP contribution in [0.3, 0.4) is 0 Å². The summed E-state index contributed by atoms with van der Waals surface area (Å²) >= 11 is 0. The molecule has 0 aromatic carbocycles. The highest BCUT2D eigenvalue weighted by molar-refractivity contribution is 5.10. The Hall–Kier alpha value is -0.870. The molecule has 0 fully saturated rings. The molecule has 1 aromatic rings. The molecule has 1 rings (SSSR count). The van der Waals surface area contributed by atoms with Gasteiger partial charge in [-0.05, 0) is 6.54 Å². The molecule has 15 heavy (non-hydrogen) atoms. The van der Waals surface area contributed by atoms with Crippen LogP contribution >= 0.6 is 0 Å². The highest BCUT2D eigenvalue weighted by Crippen LogP contribution is 2.19. The van der Waals surface area contributed by atoms with E-state index in [9.17, 15) is 0 Å². The third-order valence-electron chi connectivity index (χ3n) is 2.43. The minimum atomic E-state index is 0.183. The van der Waals surface area contributed by atoms with Crippen LogP contribution in [-0.2, 0) is 6.54 Å². The Bertz CT molecular complexity index is 284. The maximum Gasteiger partial charge on any atom is 0.181 e. The molecule has 0 aliphatic heterocycles. The van der Waals surface area contributed by atoms with Crippen LogP contribution < -0.4 is 0 Å². The standard InChI is InChI=1S/C11H20N2O2/c1-4-13(5-6-14)7-10-11(9(2)3)15-8-12-10/h8-9,14H,4-7H2,1-3H3. The molecule has 0 saturated heterocycles. The molecule has 4 nitrogen and oxygen atoms in total. The van der Waals surface area contributed by atoms with E-state index in [-0.39, 0.29) is 6.61 Å². The molecule has 4 heteroatoms.